The summed E-state index contributed by atoms with van der Waals surface area (Å²) in [5.74, 6) is 0.0924. The van der Waals surface area contributed by atoms with Crippen LogP contribution in [0.15, 0.2) is 67.3 Å². The Labute approximate surface area is 203 Å². The Morgan fingerprint density at radius 2 is 1.80 bits per heavy atom. The second-order valence-electron chi connectivity index (χ2n) is 8.42. The lowest BCUT2D eigenvalue weighted by molar-refractivity contribution is -0.124. The molecule has 2 heterocycles. The van der Waals surface area contributed by atoms with Crippen LogP contribution in [0.2, 0.25) is 0 Å². The number of anilines is 4. The van der Waals surface area contributed by atoms with Crippen molar-refractivity contribution in [3.8, 4) is 0 Å². The second-order valence-corrected chi connectivity index (χ2v) is 8.42. The summed E-state index contributed by atoms with van der Waals surface area (Å²) in [5, 5.41) is 10.0. The highest BCUT2D eigenvalue weighted by molar-refractivity contribution is 5.93. The molecule has 1 aromatic heterocycles. The van der Waals surface area contributed by atoms with Crippen LogP contribution >= 0.6 is 0 Å². The molecule has 0 aliphatic carbocycles. The molecule has 10 nitrogen and oxygen atoms in total. The Morgan fingerprint density at radius 3 is 2.46 bits per heavy atom. The largest absolute Gasteiger partial charge is 0.368 e. The van der Waals surface area contributed by atoms with Crippen molar-refractivity contribution in [2.75, 3.05) is 43.6 Å². The first-order valence-corrected chi connectivity index (χ1v) is 11.1. The van der Waals surface area contributed by atoms with Crippen molar-refractivity contribution in [1.82, 2.24) is 24.6 Å². The van der Waals surface area contributed by atoms with Gasteiger partial charge in [0.25, 0.3) is 0 Å². The highest BCUT2D eigenvalue weighted by atomic mass is 16.2. The van der Waals surface area contributed by atoms with Crippen LogP contribution in [-0.4, -0.2) is 63.7 Å². The fourth-order valence-electron chi connectivity index (χ4n) is 3.72. The molecular weight excluding hydrogens is 444 g/mol. The first-order chi connectivity index (χ1) is 16.8. The third-order valence-electron chi connectivity index (χ3n) is 5.45. The van der Waals surface area contributed by atoms with Crippen LogP contribution < -0.4 is 16.4 Å². The van der Waals surface area contributed by atoms with E-state index in [0.29, 0.717) is 18.8 Å². The Bertz CT molecular complexity index is 1260. The first-order valence-electron chi connectivity index (χ1n) is 11.1. The number of amides is 2. The van der Waals surface area contributed by atoms with Crippen LogP contribution in [0.4, 0.5) is 28.1 Å². The minimum Gasteiger partial charge on any atom is -0.368 e. The number of benzene rings is 2. The highest BCUT2D eigenvalue weighted by Gasteiger charge is 2.19. The Morgan fingerprint density at radius 1 is 1.11 bits per heavy atom. The van der Waals surface area contributed by atoms with Crippen LogP contribution in [-0.2, 0) is 11.3 Å². The SMILES string of the molecule is C=CC(=O)N1CC=C(c2ccc(NC(=O)n3nc(Nc4ccc(CN(C)C)cc4)nc3N)cc2)C1. The van der Waals surface area contributed by atoms with Crippen LogP contribution in [0.5, 0.6) is 0 Å². The molecule has 0 saturated heterocycles. The maximum absolute atomic E-state index is 12.7. The fourth-order valence-corrected chi connectivity index (χ4v) is 3.72. The van der Waals surface area contributed by atoms with Crippen molar-refractivity contribution in [2.24, 2.45) is 0 Å². The summed E-state index contributed by atoms with van der Waals surface area (Å²) in [6, 6.07) is 14.7. The molecule has 4 rings (SSSR count). The van der Waals surface area contributed by atoms with Gasteiger partial charge in [0.1, 0.15) is 0 Å². The first kappa shape index (κ1) is 23.7. The monoisotopic (exact) mass is 472 g/mol. The van der Waals surface area contributed by atoms with E-state index in [1.54, 1.807) is 17.0 Å². The van der Waals surface area contributed by atoms with E-state index in [0.717, 1.165) is 28.1 Å². The van der Waals surface area contributed by atoms with Gasteiger partial charge in [-0.3, -0.25) is 4.79 Å². The van der Waals surface area contributed by atoms with E-state index < -0.39 is 6.03 Å². The standard InChI is InChI=1S/C25H28N8O2/c1-4-22(34)32-14-13-19(16-32)18-7-11-21(12-8-18)28-25(35)33-23(26)29-24(30-33)27-20-9-5-17(6-10-20)15-31(2)3/h4-13H,1,14-16H2,2-3H3,(H,28,35)(H3,26,27,29,30). The maximum Gasteiger partial charge on any atom is 0.349 e. The van der Waals surface area contributed by atoms with Crippen LogP contribution in [0.1, 0.15) is 11.1 Å². The molecule has 0 unspecified atom stereocenters. The Hall–Kier alpha value is -4.44. The zero-order valence-electron chi connectivity index (χ0n) is 19.7. The summed E-state index contributed by atoms with van der Waals surface area (Å²) in [6.07, 6.45) is 3.32. The predicted molar refractivity (Wildman–Crippen MR) is 137 cm³/mol. The average molecular weight is 473 g/mol. The average Bonchev–Trinajstić information content (AvgIpc) is 3.47. The van der Waals surface area contributed by atoms with Crippen LogP contribution in [0.25, 0.3) is 5.57 Å². The molecule has 0 atom stereocenters. The van der Waals surface area contributed by atoms with Gasteiger partial charge in [-0.2, -0.15) is 4.98 Å². The molecule has 3 aromatic rings. The van der Waals surface area contributed by atoms with Crippen molar-refractivity contribution in [2.45, 2.75) is 6.54 Å². The number of carbonyl (C=O) groups excluding carboxylic acids is 2. The molecule has 4 N–H and O–H groups in total. The summed E-state index contributed by atoms with van der Waals surface area (Å²) in [4.78, 5) is 32.4. The molecule has 0 saturated carbocycles. The van der Waals surface area contributed by atoms with Gasteiger partial charge in [-0.15, -0.1) is 9.78 Å². The maximum atomic E-state index is 12.7. The van der Waals surface area contributed by atoms with Gasteiger partial charge in [-0.1, -0.05) is 36.9 Å². The molecule has 2 aromatic carbocycles. The van der Waals surface area contributed by atoms with Gasteiger partial charge in [0.05, 0.1) is 0 Å². The van der Waals surface area contributed by atoms with Gasteiger partial charge in [0.2, 0.25) is 17.8 Å². The summed E-state index contributed by atoms with van der Waals surface area (Å²) in [6.45, 7) is 5.45. The van der Waals surface area contributed by atoms with E-state index in [-0.39, 0.29) is 17.8 Å². The summed E-state index contributed by atoms with van der Waals surface area (Å²) < 4.78 is 1.01. The lowest BCUT2D eigenvalue weighted by Crippen LogP contribution is -2.26. The summed E-state index contributed by atoms with van der Waals surface area (Å²) in [5.41, 5.74) is 10.5. The fraction of sp³-hybridized carbons (Fsp3) is 0.200. The summed E-state index contributed by atoms with van der Waals surface area (Å²) >= 11 is 0. The van der Waals surface area contributed by atoms with Crippen molar-refractivity contribution in [3.63, 3.8) is 0 Å². The van der Waals surface area contributed by atoms with Gasteiger partial charge in [0, 0.05) is 31.0 Å². The number of hydrogen-bond acceptors (Lipinski definition) is 7. The smallest absolute Gasteiger partial charge is 0.349 e. The van der Waals surface area contributed by atoms with E-state index in [9.17, 15) is 9.59 Å². The predicted octanol–water partition coefficient (Wildman–Crippen LogP) is 3.16. The van der Waals surface area contributed by atoms with Gasteiger partial charge >= 0.3 is 6.03 Å². The quantitative estimate of drug-likeness (QED) is 0.452. The van der Waals surface area contributed by atoms with Crippen molar-refractivity contribution < 1.29 is 9.59 Å². The number of aromatic nitrogens is 3. The number of rotatable bonds is 7. The molecule has 1 aliphatic rings. The number of nitrogens with zero attached hydrogens (tertiary/aromatic N) is 5. The van der Waals surface area contributed by atoms with Crippen molar-refractivity contribution >= 4 is 40.8 Å². The van der Waals surface area contributed by atoms with E-state index in [1.165, 1.54) is 11.6 Å². The number of nitrogens with two attached hydrogens (primary N) is 1. The minimum absolute atomic E-state index is 0.0334. The summed E-state index contributed by atoms with van der Waals surface area (Å²) in [7, 11) is 4.03. The van der Waals surface area contributed by atoms with Crippen molar-refractivity contribution in [3.05, 3.63) is 78.4 Å². The van der Waals surface area contributed by atoms with E-state index >= 15 is 0 Å². The highest BCUT2D eigenvalue weighted by Crippen LogP contribution is 2.23. The number of nitrogens with one attached hydrogen (secondary N) is 2. The third-order valence-corrected chi connectivity index (χ3v) is 5.45. The Kier molecular flexibility index (Phi) is 6.93. The zero-order chi connectivity index (χ0) is 24.9. The van der Waals surface area contributed by atoms with E-state index in [4.69, 9.17) is 5.73 Å². The normalized spacial score (nSPS) is 13.0. The number of hydrogen-bond donors (Lipinski definition) is 3. The van der Waals surface area contributed by atoms with Gasteiger partial charge in [0.15, 0.2) is 0 Å². The molecule has 0 fully saturated rings. The van der Waals surface area contributed by atoms with Crippen molar-refractivity contribution in [1.29, 1.82) is 0 Å². The van der Waals surface area contributed by atoms with Gasteiger partial charge < -0.3 is 26.2 Å². The zero-order valence-corrected chi connectivity index (χ0v) is 19.7. The number of nitrogen functional groups attached to an aromatic ring is 1. The molecular formula is C25H28N8O2. The minimum atomic E-state index is -0.528. The lowest BCUT2D eigenvalue weighted by Gasteiger charge is -2.14. The lowest BCUT2D eigenvalue weighted by atomic mass is 10.1. The molecule has 0 bridgehead atoms. The van der Waals surface area contributed by atoms with Crippen LogP contribution in [0, 0.1) is 0 Å². The Balaban J connectivity index is 1.37. The molecule has 1 aliphatic heterocycles. The van der Waals surface area contributed by atoms with Gasteiger partial charge in [-0.25, -0.2) is 4.79 Å². The van der Waals surface area contributed by atoms with Gasteiger partial charge in [-0.05, 0) is 61.1 Å². The van der Waals surface area contributed by atoms with E-state index in [2.05, 4.69) is 32.2 Å². The molecule has 35 heavy (non-hydrogen) atoms. The molecule has 10 heteroatoms. The van der Waals surface area contributed by atoms with Crippen LogP contribution in [0.3, 0.4) is 0 Å². The molecule has 180 valence electrons. The number of carbonyl (C=O) groups is 2. The molecule has 0 radical (unpaired) electrons. The topological polar surface area (TPSA) is 121 Å². The second kappa shape index (κ2) is 10.2. The third kappa shape index (κ3) is 5.74. The molecule has 0 spiro atoms. The molecule has 2 amide bonds. The van der Waals surface area contributed by atoms with E-state index in [1.807, 2.05) is 56.6 Å².